The zero-order valence-electron chi connectivity index (χ0n) is 9.24. The summed E-state index contributed by atoms with van der Waals surface area (Å²) in [6, 6.07) is 9.82. The van der Waals surface area contributed by atoms with Gasteiger partial charge in [0, 0.05) is 16.3 Å². The van der Waals surface area contributed by atoms with E-state index in [1.165, 1.54) is 12.1 Å². The Labute approximate surface area is 101 Å². The van der Waals surface area contributed by atoms with Crippen molar-refractivity contribution in [1.29, 1.82) is 0 Å². The Hall–Kier alpha value is -2.49. The van der Waals surface area contributed by atoms with Gasteiger partial charge in [0.05, 0.1) is 11.1 Å². The van der Waals surface area contributed by atoms with Crippen LogP contribution in [0.2, 0.25) is 0 Å². The summed E-state index contributed by atoms with van der Waals surface area (Å²) in [5.74, 6) is 0. The number of carbonyl (C=O) groups is 1. The van der Waals surface area contributed by atoms with Crippen LogP contribution in [0.5, 0.6) is 0 Å². The minimum absolute atomic E-state index is 0.115. The third kappa shape index (κ3) is 1.43. The molecule has 1 heterocycles. The molecule has 0 atom stereocenters. The SMILES string of the molecule is O=C(F)c1cccc2c(=O)c3ccccc3[nH]c12. The summed E-state index contributed by atoms with van der Waals surface area (Å²) in [4.78, 5) is 26.1. The summed E-state index contributed by atoms with van der Waals surface area (Å²) in [5, 5.41) is 0.839. The van der Waals surface area contributed by atoms with E-state index in [0.717, 1.165) is 0 Å². The maximum atomic E-state index is 12.9. The summed E-state index contributed by atoms with van der Waals surface area (Å²) in [6.45, 7) is 0. The van der Waals surface area contributed by atoms with Gasteiger partial charge in [-0.1, -0.05) is 18.2 Å². The van der Waals surface area contributed by atoms with E-state index in [9.17, 15) is 14.0 Å². The van der Waals surface area contributed by atoms with Crippen molar-refractivity contribution in [2.75, 3.05) is 0 Å². The van der Waals surface area contributed by atoms with Gasteiger partial charge < -0.3 is 4.98 Å². The largest absolute Gasteiger partial charge is 0.354 e. The molecule has 0 saturated heterocycles. The van der Waals surface area contributed by atoms with Crippen LogP contribution in [0.25, 0.3) is 21.8 Å². The second kappa shape index (κ2) is 3.77. The fourth-order valence-corrected chi connectivity index (χ4v) is 2.11. The summed E-state index contributed by atoms with van der Waals surface area (Å²) < 4.78 is 12.9. The van der Waals surface area contributed by atoms with Crippen molar-refractivity contribution in [3.63, 3.8) is 0 Å². The second-order valence-corrected chi connectivity index (χ2v) is 4.00. The van der Waals surface area contributed by atoms with E-state index in [4.69, 9.17) is 0 Å². The first kappa shape index (κ1) is 10.7. The van der Waals surface area contributed by atoms with Crippen LogP contribution < -0.4 is 5.43 Å². The number of carbonyl (C=O) groups excluding carboxylic acids is 1. The molecule has 1 N–H and O–H groups in total. The van der Waals surface area contributed by atoms with Gasteiger partial charge in [0.1, 0.15) is 0 Å². The van der Waals surface area contributed by atoms with Crippen LogP contribution in [0.4, 0.5) is 4.39 Å². The molecule has 0 spiro atoms. The van der Waals surface area contributed by atoms with E-state index in [1.807, 2.05) is 0 Å². The number of para-hydroxylation sites is 2. The molecule has 0 aliphatic rings. The van der Waals surface area contributed by atoms with Crippen molar-refractivity contribution in [2.24, 2.45) is 0 Å². The number of nitrogens with one attached hydrogen (secondary N) is 1. The first-order valence-electron chi connectivity index (χ1n) is 5.42. The van der Waals surface area contributed by atoms with Crippen LogP contribution in [0, 0.1) is 0 Å². The molecule has 0 amide bonds. The van der Waals surface area contributed by atoms with E-state index in [-0.39, 0.29) is 16.5 Å². The van der Waals surface area contributed by atoms with Gasteiger partial charge in [0.2, 0.25) is 0 Å². The minimum atomic E-state index is -1.55. The Morgan fingerprint density at radius 3 is 2.50 bits per heavy atom. The maximum absolute atomic E-state index is 12.9. The molecule has 0 bridgehead atoms. The van der Waals surface area contributed by atoms with Crippen LogP contribution in [-0.4, -0.2) is 11.0 Å². The van der Waals surface area contributed by atoms with Crippen molar-refractivity contribution in [2.45, 2.75) is 0 Å². The number of fused-ring (bicyclic) bond motifs is 2. The number of hydrogen-bond acceptors (Lipinski definition) is 2. The monoisotopic (exact) mass is 241 g/mol. The molecule has 0 aliphatic heterocycles. The maximum Gasteiger partial charge on any atom is 0.334 e. The summed E-state index contributed by atoms with van der Waals surface area (Å²) >= 11 is 0. The number of aromatic amines is 1. The predicted molar refractivity (Wildman–Crippen MR) is 67.5 cm³/mol. The number of pyridine rings is 1. The zero-order chi connectivity index (χ0) is 12.7. The Morgan fingerprint density at radius 1 is 1.00 bits per heavy atom. The molecule has 3 rings (SSSR count). The molecular formula is C14H8FNO2. The lowest BCUT2D eigenvalue weighted by atomic mass is 10.1. The number of H-pyrrole nitrogens is 1. The Kier molecular flexibility index (Phi) is 2.23. The molecule has 0 unspecified atom stereocenters. The first-order chi connectivity index (χ1) is 8.68. The van der Waals surface area contributed by atoms with Crippen molar-refractivity contribution < 1.29 is 9.18 Å². The summed E-state index contributed by atoms with van der Waals surface area (Å²) in [6.07, 6.45) is 0. The zero-order valence-corrected chi connectivity index (χ0v) is 9.24. The van der Waals surface area contributed by atoms with Gasteiger partial charge in [-0.2, -0.15) is 4.39 Å². The Bertz CT molecular complexity index is 836. The highest BCUT2D eigenvalue weighted by atomic mass is 19.1. The van der Waals surface area contributed by atoms with Crippen molar-refractivity contribution in [3.8, 4) is 0 Å². The Morgan fingerprint density at radius 2 is 1.72 bits per heavy atom. The van der Waals surface area contributed by atoms with Gasteiger partial charge in [-0.25, -0.2) is 0 Å². The van der Waals surface area contributed by atoms with Crippen LogP contribution in [0.1, 0.15) is 10.4 Å². The first-order valence-corrected chi connectivity index (χ1v) is 5.42. The minimum Gasteiger partial charge on any atom is -0.354 e. The molecule has 0 saturated carbocycles. The lowest BCUT2D eigenvalue weighted by Crippen LogP contribution is -2.06. The average molecular weight is 241 g/mol. The lowest BCUT2D eigenvalue weighted by molar-refractivity contribution is 0.0837. The molecule has 1 aromatic heterocycles. The van der Waals surface area contributed by atoms with Crippen molar-refractivity contribution in [3.05, 3.63) is 58.3 Å². The van der Waals surface area contributed by atoms with Gasteiger partial charge in [0.15, 0.2) is 5.43 Å². The number of aromatic nitrogens is 1. The number of hydrogen-bond donors (Lipinski definition) is 1. The highest BCUT2D eigenvalue weighted by molar-refractivity contribution is 6.05. The standard InChI is InChI=1S/C14H8FNO2/c15-14(18)10-6-3-5-9-12(10)16-11-7-2-1-4-8(11)13(9)17/h1-7H,(H,16,17). The molecule has 2 aromatic carbocycles. The van der Waals surface area contributed by atoms with E-state index in [1.54, 1.807) is 30.3 Å². The fraction of sp³-hybridized carbons (Fsp3) is 0. The molecule has 0 aliphatic carbocycles. The molecule has 3 nitrogen and oxygen atoms in total. The van der Waals surface area contributed by atoms with E-state index < -0.39 is 6.04 Å². The van der Waals surface area contributed by atoms with Crippen molar-refractivity contribution >= 4 is 27.8 Å². The molecule has 0 fully saturated rings. The van der Waals surface area contributed by atoms with Crippen LogP contribution in [-0.2, 0) is 0 Å². The van der Waals surface area contributed by atoms with Crippen LogP contribution in [0.15, 0.2) is 47.3 Å². The van der Waals surface area contributed by atoms with Crippen LogP contribution in [0.3, 0.4) is 0 Å². The topological polar surface area (TPSA) is 49.9 Å². The van der Waals surface area contributed by atoms with Gasteiger partial charge in [-0.05, 0) is 24.3 Å². The van der Waals surface area contributed by atoms with Gasteiger partial charge >= 0.3 is 6.04 Å². The summed E-state index contributed by atoms with van der Waals surface area (Å²) in [7, 11) is 0. The number of benzene rings is 2. The quantitative estimate of drug-likeness (QED) is 0.526. The third-order valence-electron chi connectivity index (χ3n) is 2.95. The van der Waals surface area contributed by atoms with Gasteiger partial charge in [-0.15, -0.1) is 0 Å². The number of halogens is 1. The summed E-state index contributed by atoms with van der Waals surface area (Å²) in [5.41, 5.74) is 0.509. The highest BCUT2D eigenvalue weighted by Crippen LogP contribution is 2.18. The number of rotatable bonds is 1. The molecule has 0 radical (unpaired) electrons. The van der Waals surface area contributed by atoms with Crippen molar-refractivity contribution in [1.82, 2.24) is 4.98 Å². The molecule has 3 aromatic rings. The lowest BCUT2D eigenvalue weighted by Gasteiger charge is -2.04. The van der Waals surface area contributed by atoms with Crippen LogP contribution >= 0.6 is 0 Å². The third-order valence-corrected chi connectivity index (χ3v) is 2.95. The molecule has 4 heteroatoms. The smallest absolute Gasteiger partial charge is 0.334 e. The molecular weight excluding hydrogens is 233 g/mol. The predicted octanol–water partition coefficient (Wildman–Crippen LogP) is 2.79. The normalized spacial score (nSPS) is 10.9. The fourth-order valence-electron chi connectivity index (χ4n) is 2.11. The van der Waals surface area contributed by atoms with Gasteiger partial charge in [-0.3, -0.25) is 9.59 Å². The van der Waals surface area contributed by atoms with Gasteiger partial charge in [0.25, 0.3) is 0 Å². The average Bonchev–Trinajstić information content (AvgIpc) is 2.38. The van der Waals surface area contributed by atoms with E-state index >= 15 is 0 Å². The highest BCUT2D eigenvalue weighted by Gasteiger charge is 2.12. The Balaban J connectivity index is 2.60. The second-order valence-electron chi connectivity index (χ2n) is 4.00. The molecule has 88 valence electrons. The van der Waals surface area contributed by atoms with E-state index in [0.29, 0.717) is 16.3 Å². The van der Waals surface area contributed by atoms with E-state index in [2.05, 4.69) is 4.98 Å². The molecule has 18 heavy (non-hydrogen) atoms.